The van der Waals surface area contributed by atoms with Crippen molar-refractivity contribution in [2.45, 2.75) is 26.2 Å². The molecule has 0 atom stereocenters. The van der Waals surface area contributed by atoms with Crippen LogP contribution in [0.5, 0.6) is 5.75 Å². The zero-order chi connectivity index (χ0) is 12.8. The topological polar surface area (TPSA) is 65.7 Å². The summed E-state index contributed by atoms with van der Waals surface area (Å²) in [5.74, 6) is 0.779. The van der Waals surface area contributed by atoms with Gasteiger partial charge in [-0.3, -0.25) is 4.79 Å². The van der Waals surface area contributed by atoms with Gasteiger partial charge in [0.2, 0.25) is 0 Å². The quantitative estimate of drug-likeness (QED) is 0.729. The van der Waals surface area contributed by atoms with E-state index in [1.165, 1.54) is 20.3 Å². The van der Waals surface area contributed by atoms with Crippen LogP contribution < -0.4 is 10.4 Å². The molecular formula is C12H16O5. The third-order valence-electron chi connectivity index (χ3n) is 2.48. The third kappa shape index (κ3) is 3.62. The third-order valence-corrected chi connectivity index (χ3v) is 2.48. The maximum absolute atomic E-state index is 11.1. The molecule has 0 unspecified atom stereocenters. The molecule has 17 heavy (non-hydrogen) atoms. The highest BCUT2D eigenvalue weighted by atomic mass is 16.5. The second-order valence-corrected chi connectivity index (χ2v) is 3.60. The smallest absolute Gasteiger partial charge is 0.339 e. The summed E-state index contributed by atoms with van der Waals surface area (Å²) in [5, 5.41) is 0. The van der Waals surface area contributed by atoms with Crippen LogP contribution in [0.4, 0.5) is 0 Å². The van der Waals surface area contributed by atoms with E-state index in [0.29, 0.717) is 30.8 Å². The molecule has 1 aromatic rings. The van der Waals surface area contributed by atoms with E-state index in [2.05, 4.69) is 4.74 Å². The van der Waals surface area contributed by atoms with Crippen LogP contribution >= 0.6 is 0 Å². The summed E-state index contributed by atoms with van der Waals surface area (Å²) in [7, 11) is 2.85. The largest absolute Gasteiger partial charge is 0.496 e. The minimum absolute atomic E-state index is 0.251. The van der Waals surface area contributed by atoms with Crippen molar-refractivity contribution in [3.05, 3.63) is 27.8 Å². The number of hydrogen-bond acceptors (Lipinski definition) is 5. The van der Waals surface area contributed by atoms with Gasteiger partial charge in [0.15, 0.2) is 0 Å². The SMILES string of the molecule is COC(=O)CCCc1c(OC)cc(=O)oc1C. The Labute approximate surface area is 99.3 Å². The Morgan fingerprint density at radius 1 is 1.41 bits per heavy atom. The van der Waals surface area contributed by atoms with E-state index in [1.807, 2.05) is 0 Å². The van der Waals surface area contributed by atoms with Gasteiger partial charge in [-0.15, -0.1) is 0 Å². The Balaban J connectivity index is 2.76. The highest BCUT2D eigenvalue weighted by molar-refractivity contribution is 5.69. The standard InChI is InChI=1S/C12H16O5/c1-8-9(5-4-6-11(13)16-3)10(15-2)7-12(14)17-8/h7H,4-6H2,1-3H3. The Bertz CT molecular complexity index is 447. The van der Waals surface area contributed by atoms with Crippen molar-refractivity contribution in [1.82, 2.24) is 0 Å². The van der Waals surface area contributed by atoms with E-state index in [1.54, 1.807) is 6.92 Å². The fourth-order valence-electron chi connectivity index (χ4n) is 1.60. The normalized spacial score (nSPS) is 10.1. The summed E-state index contributed by atoms with van der Waals surface area (Å²) in [6.45, 7) is 1.71. The van der Waals surface area contributed by atoms with Crippen LogP contribution in [0.2, 0.25) is 0 Å². The van der Waals surface area contributed by atoms with Crippen molar-refractivity contribution < 1.29 is 18.7 Å². The molecule has 0 aromatic carbocycles. The van der Waals surface area contributed by atoms with E-state index in [4.69, 9.17) is 9.15 Å². The van der Waals surface area contributed by atoms with Gasteiger partial charge in [-0.2, -0.15) is 0 Å². The van der Waals surface area contributed by atoms with Gasteiger partial charge in [-0.05, 0) is 19.8 Å². The molecule has 0 aliphatic carbocycles. The van der Waals surface area contributed by atoms with Gasteiger partial charge in [-0.1, -0.05) is 0 Å². The first-order valence-corrected chi connectivity index (χ1v) is 5.33. The van der Waals surface area contributed by atoms with Crippen molar-refractivity contribution in [2.24, 2.45) is 0 Å². The summed E-state index contributed by atoms with van der Waals surface area (Å²) in [4.78, 5) is 22.1. The number of carbonyl (C=O) groups excluding carboxylic acids is 1. The monoisotopic (exact) mass is 240 g/mol. The molecule has 5 heteroatoms. The molecule has 1 heterocycles. The lowest BCUT2D eigenvalue weighted by Gasteiger charge is -2.09. The highest BCUT2D eigenvalue weighted by Gasteiger charge is 2.11. The number of hydrogen-bond donors (Lipinski definition) is 0. The van der Waals surface area contributed by atoms with Crippen molar-refractivity contribution in [3.8, 4) is 5.75 Å². The number of aryl methyl sites for hydroxylation is 1. The Morgan fingerprint density at radius 3 is 2.71 bits per heavy atom. The Hall–Kier alpha value is -1.78. The highest BCUT2D eigenvalue weighted by Crippen LogP contribution is 2.21. The van der Waals surface area contributed by atoms with Crippen LogP contribution in [-0.2, 0) is 16.0 Å². The lowest BCUT2D eigenvalue weighted by molar-refractivity contribution is -0.140. The van der Waals surface area contributed by atoms with E-state index in [0.717, 1.165) is 5.56 Å². The molecule has 0 amide bonds. The van der Waals surface area contributed by atoms with Gasteiger partial charge in [0.05, 0.1) is 20.3 Å². The predicted molar refractivity (Wildman–Crippen MR) is 61.2 cm³/mol. The van der Waals surface area contributed by atoms with Crippen molar-refractivity contribution in [1.29, 1.82) is 0 Å². The second kappa shape index (κ2) is 6.08. The average molecular weight is 240 g/mol. The van der Waals surface area contributed by atoms with Crippen LogP contribution in [0, 0.1) is 6.92 Å². The summed E-state index contributed by atoms with van der Waals surface area (Å²) >= 11 is 0. The summed E-state index contributed by atoms with van der Waals surface area (Å²) in [6.07, 6.45) is 1.56. The van der Waals surface area contributed by atoms with Crippen molar-refractivity contribution in [2.75, 3.05) is 14.2 Å². The lowest BCUT2D eigenvalue weighted by atomic mass is 10.1. The van der Waals surface area contributed by atoms with Crippen LogP contribution in [0.1, 0.15) is 24.2 Å². The molecule has 0 spiro atoms. The molecular weight excluding hydrogens is 224 g/mol. The van der Waals surface area contributed by atoms with Crippen LogP contribution in [0.25, 0.3) is 0 Å². The Morgan fingerprint density at radius 2 is 2.12 bits per heavy atom. The van der Waals surface area contributed by atoms with Gasteiger partial charge in [-0.25, -0.2) is 4.79 Å². The van der Waals surface area contributed by atoms with E-state index < -0.39 is 5.63 Å². The number of carbonyl (C=O) groups is 1. The summed E-state index contributed by atoms with van der Waals surface area (Å²) < 4.78 is 14.6. The maximum atomic E-state index is 11.1. The molecule has 0 radical (unpaired) electrons. The summed E-state index contributed by atoms with van der Waals surface area (Å²) in [5.41, 5.74) is 0.382. The molecule has 1 aromatic heterocycles. The molecule has 0 N–H and O–H groups in total. The van der Waals surface area contributed by atoms with Crippen LogP contribution in [-0.4, -0.2) is 20.2 Å². The summed E-state index contributed by atoms with van der Waals surface area (Å²) in [6, 6.07) is 1.31. The molecule has 0 aliphatic rings. The van der Waals surface area contributed by atoms with E-state index in [-0.39, 0.29) is 5.97 Å². The molecule has 0 bridgehead atoms. The molecule has 0 saturated carbocycles. The maximum Gasteiger partial charge on any atom is 0.339 e. The van der Waals surface area contributed by atoms with Crippen molar-refractivity contribution in [3.63, 3.8) is 0 Å². The van der Waals surface area contributed by atoms with E-state index in [9.17, 15) is 9.59 Å². The average Bonchev–Trinajstić information content (AvgIpc) is 2.30. The molecule has 1 rings (SSSR count). The van der Waals surface area contributed by atoms with Gasteiger partial charge >= 0.3 is 11.6 Å². The first-order valence-electron chi connectivity index (χ1n) is 5.33. The number of methoxy groups -OCH3 is 2. The van der Waals surface area contributed by atoms with E-state index >= 15 is 0 Å². The molecule has 5 nitrogen and oxygen atoms in total. The first-order chi connectivity index (χ1) is 8.08. The van der Waals surface area contributed by atoms with Crippen LogP contribution in [0.15, 0.2) is 15.3 Å². The van der Waals surface area contributed by atoms with Gasteiger partial charge < -0.3 is 13.9 Å². The van der Waals surface area contributed by atoms with Gasteiger partial charge in [0, 0.05) is 12.0 Å². The minimum atomic E-state index is -0.434. The predicted octanol–water partition coefficient (Wildman–Crippen LogP) is 1.45. The first kappa shape index (κ1) is 13.3. The fourth-order valence-corrected chi connectivity index (χ4v) is 1.60. The molecule has 0 fully saturated rings. The molecule has 0 aliphatic heterocycles. The van der Waals surface area contributed by atoms with Crippen LogP contribution in [0.3, 0.4) is 0 Å². The fraction of sp³-hybridized carbons (Fsp3) is 0.500. The number of rotatable bonds is 5. The second-order valence-electron chi connectivity index (χ2n) is 3.60. The zero-order valence-electron chi connectivity index (χ0n) is 10.2. The Kier molecular flexibility index (Phi) is 4.75. The number of ether oxygens (including phenoxy) is 2. The minimum Gasteiger partial charge on any atom is -0.496 e. The van der Waals surface area contributed by atoms with Crippen molar-refractivity contribution >= 4 is 5.97 Å². The van der Waals surface area contributed by atoms with Gasteiger partial charge in [0.25, 0.3) is 0 Å². The molecule has 0 saturated heterocycles. The molecule has 94 valence electrons. The zero-order valence-corrected chi connectivity index (χ0v) is 10.2. The lowest BCUT2D eigenvalue weighted by Crippen LogP contribution is -2.06. The van der Waals surface area contributed by atoms with Gasteiger partial charge in [0.1, 0.15) is 11.5 Å². The number of esters is 1.